The minimum absolute atomic E-state index is 0. The summed E-state index contributed by atoms with van der Waals surface area (Å²) in [6.45, 7) is 2.09. The van der Waals surface area contributed by atoms with Gasteiger partial charge in [0.15, 0.2) is 0 Å². The van der Waals surface area contributed by atoms with E-state index in [9.17, 15) is 4.79 Å². The molecule has 1 aliphatic heterocycles. The number of rotatable bonds is 4. The van der Waals surface area contributed by atoms with Gasteiger partial charge in [-0.2, -0.15) is 0 Å². The number of benzene rings is 2. The Hall–Kier alpha value is -2.63. The number of para-hydroxylation sites is 1. The van der Waals surface area contributed by atoms with Crippen LogP contribution in [0.5, 0.6) is 5.75 Å². The monoisotopic (exact) mass is 383 g/mol. The van der Waals surface area contributed by atoms with Crippen molar-refractivity contribution in [3.8, 4) is 5.75 Å². The summed E-state index contributed by atoms with van der Waals surface area (Å²) in [7, 11) is 1.60. The number of anilines is 1. The van der Waals surface area contributed by atoms with Gasteiger partial charge in [-0.25, -0.2) is 4.98 Å². The van der Waals surface area contributed by atoms with Crippen molar-refractivity contribution in [2.75, 3.05) is 25.5 Å². The zero-order chi connectivity index (χ0) is 17.9. The summed E-state index contributed by atoms with van der Waals surface area (Å²) in [6, 6.07) is 17.4. The molecule has 0 spiro atoms. The van der Waals surface area contributed by atoms with E-state index in [4.69, 9.17) is 4.74 Å². The van der Waals surface area contributed by atoms with Gasteiger partial charge in [0, 0.05) is 23.7 Å². The Bertz CT molecular complexity index is 938. The van der Waals surface area contributed by atoms with Gasteiger partial charge in [-0.15, -0.1) is 12.4 Å². The van der Waals surface area contributed by atoms with Crippen LogP contribution in [0.2, 0.25) is 0 Å². The predicted molar refractivity (Wildman–Crippen MR) is 110 cm³/mol. The molecule has 3 aromatic rings. The number of methoxy groups -OCH3 is 1. The number of amides is 1. The molecule has 2 N–H and O–H groups in total. The van der Waals surface area contributed by atoms with Crippen molar-refractivity contribution >= 4 is 34.9 Å². The third kappa shape index (κ3) is 4.04. The van der Waals surface area contributed by atoms with Gasteiger partial charge in [0.05, 0.1) is 12.6 Å². The SMILES string of the molecule is COc1cc(C(=O)Nc2ccc([C@H]3CCNC3)cc2)nc2ccccc12.Cl. The number of nitrogens with zero attached hydrogens (tertiary/aromatic N) is 1. The molecule has 0 radical (unpaired) electrons. The van der Waals surface area contributed by atoms with Gasteiger partial charge in [-0.1, -0.05) is 24.3 Å². The number of pyridine rings is 1. The third-order valence-corrected chi connectivity index (χ3v) is 4.83. The van der Waals surface area contributed by atoms with Crippen LogP contribution in [-0.2, 0) is 0 Å². The first-order chi connectivity index (χ1) is 12.7. The molecule has 0 unspecified atom stereocenters. The van der Waals surface area contributed by atoms with E-state index in [0.717, 1.165) is 36.1 Å². The lowest BCUT2D eigenvalue weighted by atomic mass is 9.98. The second-order valence-corrected chi connectivity index (χ2v) is 6.49. The highest BCUT2D eigenvalue weighted by atomic mass is 35.5. The van der Waals surface area contributed by atoms with Gasteiger partial charge in [0.25, 0.3) is 5.91 Å². The molecule has 2 heterocycles. The van der Waals surface area contributed by atoms with Crippen molar-refractivity contribution in [3.05, 3.63) is 65.9 Å². The van der Waals surface area contributed by atoms with Crippen LogP contribution in [0.1, 0.15) is 28.4 Å². The average molecular weight is 384 g/mol. The Labute approximate surface area is 164 Å². The molecule has 2 aromatic carbocycles. The lowest BCUT2D eigenvalue weighted by Gasteiger charge is -2.11. The summed E-state index contributed by atoms with van der Waals surface area (Å²) >= 11 is 0. The van der Waals surface area contributed by atoms with Crippen LogP contribution in [0.25, 0.3) is 10.9 Å². The molecule has 1 fully saturated rings. The fourth-order valence-electron chi connectivity index (χ4n) is 3.40. The van der Waals surface area contributed by atoms with Crippen LogP contribution in [0.15, 0.2) is 54.6 Å². The second kappa shape index (κ2) is 8.37. The first kappa shape index (κ1) is 19.1. The van der Waals surface area contributed by atoms with Crippen molar-refractivity contribution in [1.82, 2.24) is 10.3 Å². The molecule has 1 aliphatic rings. The van der Waals surface area contributed by atoms with Gasteiger partial charge in [0.1, 0.15) is 11.4 Å². The van der Waals surface area contributed by atoms with Crippen LogP contribution in [-0.4, -0.2) is 31.1 Å². The van der Waals surface area contributed by atoms with E-state index in [1.54, 1.807) is 13.2 Å². The highest BCUT2D eigenvalue weighted by Crippen LogP contribution is 2.26. The number of carbonyl (C=O) groups excluding carboxylic acids is 1. The quantitative estimate of drug-likeness (QED) is 0.715. The molecule has 4 rings (SSSR count). The van der Waals surface area contributed by atoms with Crippen LogP contribution in [0.3, 0.4) is 0 Å². The molecular weight excluding hydrogens is 362 g/mol. The summed E-state index contributed by atoms with van der Waals surface area (Å²) in [5.41, 5.74) is 3.14. The lowest BCUT2D eigenvalue weighted by Crippen LogP contribution is -2.14. The first-order valence-electron chi connectivity index (χ1n) is 8.80. The molecule has 1 aromatic heterocycles. The molecule has 1 atom stereocenters. The maximum atomic E-state index is 12.6. The Morgan fingerprint density at radius 3 is 2.67 bits per heavy atom. The number of hydrogen-bond acceptors (Lipinski definition) is 4. The van der Waals surface area contributed by atoms with Crippen LogP contribution >= 0.6 is 12.4 Å². The zero-order valence-corrected chi connectivity index (χ0v) is 15.9. The number of carbonyl (C=O) groups is 1. The Balaban J connectivity index is 0.00000210. The van der Waals surface area contributed by atoms with Gasteiger partial charge in [-0.05, 0) is 48.7 Å². The van der Waals surface area contributed by atoms with Crippen molar-refractivity contribution < 1.29 is 9.53 Å². The van der Waals surface area contributed by atoms with E-state index in [2.05, 4.69) is 27.8 Å². The van der Waals surface area contributed by atoms with Crippen LogP contribution in [0.4, 0.5) is 5.69 Å². The van der Waals surface area contributed by atoms with E-state index in [1.807, 2.05) is 36.4 Å². The maximum absolute atomic E-state index is 12.6. The minimum atomic E-state index is -0.246. The van der Waals surface area contributed by atoms with Gasteiger partial charge in [-0.3, -0.25) is 4.79 Å². The van der Waals surface area contributed by atoms with Crippen molar-refractivity contribution in [1.29, 1.82) is 0 Å². The second-order valence-electron chi connectivity index (χ2n) is 6.49. The summed E-state index contributed by atoms with van der Waals surface area (Å²) < 4.78 is 5.42. The average Bonchev–Trinajstić information content (AvgIpc) is 3.22. The van der Waals surface area contributed by atoms with Gasteiger partial charge < -0.3 is 15.4 Å². The van der Waals surface area contributed by atoms with E-state index in [0.29, 0.717) is 17.4 Å². The summed E-state index contributed by atoms with van der Waals surface area (Å²) in [5.74, 6) is 0.959. The first-order valence-corrected chi connectivity index (χ1v) is 8.80. The largest absolute Gasteiger partial charge is 0.496 e. The van der Waals surface area contributed by atoms with E-state index >= 15 is 0 Å². The molecular formula is C21H22ClN3O2. The topological polar surface area (TPSA) is 63.2 Å². The minimum Gasteiger partial charge on any atom is -0.496 e. The Morgan fingerprint density at radius 1 is 1.19 bits per heavy atom. The standard InChI is InChI=1S/C21H21N3O2.ClH/c1-26-20-12-19(24-18-5-3-2-4-17(18)20)21(25)23-16-8-6-14(7-9-16)15-10-11-22-13-15;/h2-9,12,15,22H,10-11,13H2,1H3,(H,23,25);1H/t15-;/m0./s1. The third-order valence-electron chi connectivity index (χ3n) is 4.83. The molecule has 1 amide bonds. The normalized spacial score (nSPS) is 16.0. The van der Waals surface area contributed by atoms with Crippen molar-refractivity contribution in [2.24, 2.45) is 0 Å². The fourth-order valence-corrected chi connectivity index (χ4v) is 3.40. The van der Waals surface area contributed by atoms with Crippen LogP contribution < -0.4 is 15.4 Å². The summed E-state index contributed by atoms with van der Waals surface area (Å²) in [5, 5.41) is 7.18. The lowest BCUT2D eigenvalue weighted by molar-refractivity contribution is 0.102. The smallest absolute Gasteiger partial charge is 0.274 e. The fraction of sp³-hybridized carbons (Fsp3) is 0.238. The van der Waals surface area contributed by atoms with E-state index < -0.39 is 0 Å². The summed E-state index contributed by atoms with van der Waals surface area (Å²) in [4.78, 5) is 17.1. The van der Waals surface area contributed by atoms with E-state index in [1.165, 1.54) is 5.56 Å². The van der Waals surface area contributed by atoms with Gasteiger partial charge >= 0.3 is 0 Å². The molecule has 27 heavy (non-hydrogen) atoms. The molecule has 0 bridgehead atoms. The number of aromatic nitrogens is 1. The highest BCUT2D eigenvalue weighted by molar-refractivity contribution is 6.05. The predicted octanol–water partition coefficient (Wildman–Crippen LogP) is 3.99. The molecule has 5 nitrogen and oxygen atoms in total. The van der Waals surface area contributed by atoms with E-state index in [-0.39, 0.29) is 18.3 Å². The molecule has 1 saturated heterocycles. The molecule has 0 saturated carbocycles. The number of ether oxygens (including phenoxy) is 1. The summed E-state index contributed by atoms with van der Waals surface area (Å²) in [6.07, 6.45) is 1.16. The number of halogens is 1. The van der Waals surface area contributed by atoms with Crippen LogP contribution in [0, 0.1) is 0 Å². The molecule has 140 valence electrons. The zero-order valence-electron chi connectivity index (χ0n) is 15.1. The van der Waals surface area contributed by atoms with Gasteiger partial charge in [0.2, 0.25) is 0 Å². The number of fused-ring (bicyclic) bond motifs is 1. The molecule has 6 heteroatoms. The Morgan fingerprint density at radius 2 is 1.96 bits per heavy atom. The number of hydrogen-bond donors (Lipinski definition) is 2. The van der Waals surface area contributed by atoms with Crippen molar-refractivity contribution in [3.63, 3.8) is 0 Å². The van der Waals surface area contributed by atoms with Crippen molar-refractivity contribution in [2.45, 2.75) is 12.3 Å². The molecule has 0 aliphatic carbocycles. The Kier molecular flexibility index (Phi) is 5.94. The maximum Gasteiger partial charge on any atom is 0.274 e. The number of nitrogens with one attached hydrogen (secondary N) is 2. The highest BCUT2D eigenvalue weighted by Gasteiger charge is 2.17.